The van der Waals surface area contributed by atoms with Crippen molar-refractivity contribution in [3.63, 3.8) is 0 Å². The minimum atomic E-state index is -0.127. The predicted molar refractivity (Wildman–Crippen MR) is 81.6 cm³/mol. The van der Waals surface area contributed by atoms with Gasteiger partial charge in [0.25, 0.3) is 0 Å². The van der Waals surface area contributed by atoms with Gasteiger partial charge in [-0.25, -0.2) is 0 Å². The van der Waals surface area contributed by atoms with Crippen LogP contribution in [0.1, 0.15) is 38.2 Å². The highest BCUT2D eigenvalue weighted by Gasteiger charge is 2.05. The molecule has 5 heteroatoms. The molecule has 1 aromatic rings. The van der Waals surface area contributed by atoms with Crippen molar-refractivity contribution in [1.29, 1.82) is 0 Å². The number of nitrogens with two attached hydrogens (primary N) is 1. The lowest BCUT2D eigenvalue weighted by Gasteiger charge is -2.10. The number of unbranched alkanes of at least 4 members (excludes halogenated alkanes) is 2. The lowest BCUT2D eigenvalue weighted by Crippen LogP contribution is -2.12. The second kappa shape index (κ2) is 8.32. The molecule has 4 N–H and O–H groups in total. The van der Waals surface area contributed by atoms with E-state index >= 15 is 0 Å². The van der Waals surface area contributed by atoms with Crippen LogP contribution in [0.2, 0.25) is 0 Å². The number of anilines is 2. The minimum Gasteiger partial charge on any atom is -0.330 e. The lowest BCUT2D eigenvalue weighted by atomic mass is 10.1. The molecule has 2 amide bonds. The fraction of sp³-hybridized carbons (Fsp3) is 0.467. The third-order valence-corrected chi connectivity index (χ3v) is 2.94. The van der Waals surface area contributed by atoms with E-state index in [0.29, 0.717) is 18.7 Å². The van der Waals surface area contributed by atoms with Crippen LogP contribution in [0.5, 0.6) is 0 Å². The Morgan fingerprint density at radius 3 is 2.55 bits per heavy atom. The molecule has 0 heterocycles. The second-order valence-electron chi connectivity index (χ2n) is 4.86. The Morgan fingerprint density at radius 2 is 1.90 bits per heavy atom. The van der Waals surface area contributed by atoms with E-state index in [1.54, 1.807) is 6.07 Å². The van der Waals surface area contributed by atoms with E-state index < -0.39 is 0 Å². The van der Waals surface area contributed by atoms with Gasteiger partial charge in [-0.05, 0) is 44.0 Å². The lowest BCUT2D eigenvalue weighted by molar-refractivity contribution is -0.116. The van der Waals surface area contributed by atoms with Crippen LogP contribution in [0.25, 0.3) is 0 Å². The van der Waals surface area contributed by atoms with Crippen LogP contribution in [-0.4, -0.2) is 18.4 Å². The highest BCUT2D eigenvalue weighted by Crippen LogP contribution is 2.20. The third kappa shape index (κ3) is 5.84. The summed E-state index contributed by atoms with van der Waals surface area (Å²) < 4.78 is 0. The Morgan fingerprint density at radius 1 is 1.15 bits per heavy atom. The van der Waals surface area contributed by atoms with Gasteiger partial charge in [-0.15, -0.1) is 0 Å². The average Bonchev–Trinajstić information content (AvgIpc) is 2.38. The highest BCUT2D eigenvalue weighted by molar-refractivity contribution is 5.93. The molecular weight excluding hydrogens is 254 g/mol. The van der Waals surface area contributed by atoms with Crippen LogP contribution in [0.15, 0.2) is 18.2 Å². The maximum absolute atomic E-state index is 11.8. The van der Waals surface area contributed by atoms with E-state index in [1.165, 1.54) is 6.92 Å². The van der Waals surface area contributed by atoms with Gasteiger partial charge in [0.15, 0.2) is 0 Å². The second-order valence-corrected chi connectivity index (χ2v) is 4.86. The fourth-order valence-corrected chi connectivity index (χ4v) is 1.85. The van der Waals surface area contributed by atoms with Crippen molar-refractivity contribution in [3.05, 3.63) is 23.8 Å². The van der Waals surface area contributed by atoms with Gasteiger partial charge < -0.3 is 16.4 Å². The van der Waals surface area contributed by atoms with Crippen LogP contribution >= 0.6 is 0 Å². The molecule has 0 aliphatic rings. The Kier molecular flexibility index (Phi) is 6.73. The van der Waals surface area contributed by atoms with Gasteiger partial charge in [0, 0.05) is 24.7 Å². The van der Waals surface area contributed by atoms with E-state index in [0.717, 1.165) is 30.5 Å². The first-order valence-corrected chi connectivity index (χ1v) is 6.91. The van der Waals surface area contributed by atoms with Crippen LogP contribution < -0.4 is 16.4 Å². The largest absolute Gasteiger partial charge is 0.330 e. The van der Waals surface area contributed by atoms with Crippen molar-refractivity contribution in [2.75, 3.05) is 17.2 Å². The number of amides is 2. The van der Waals surface area contributed by atoms with Crippen LogP contribution in [0, 0.1) is 6.92 Å². The summed E-state index contributed by atoms with van der Waals surface area (Å²) in [5.74, 6) is -0.141. The standard InChI is InChI=1S/C15H23N3O2/c1-11-7-8-13(10-14(11)17-12(2)19)18-15(20)6-4-3-5-9-16/h7-8,10H,3-6,9,16H2,1-2H3,(H,17,19)(H,18,20). The summed E-state index contributed by atoms with van der Waals surface area (Å²) in [6, 6.07) is 5.47. The van der Waals surface area contributed by atoms with Gasteiger partial charge >= 0.3 is 0 Å². The Bertz CT molecular complexity index is 472. The first-order valence-electron chi connectivity index (χ1n) is 6.91. The highest BCUT2D eigenvalue weighted by atomic mass is 16.2. The van der Waals surface area contributed by atoms with E-state index in [2.05, 4.69) is 10.6 Å². The molecule has 1 aromatic carbocycles. The summed E-state index contributed by atoms with van der Waals surface area (Å²) in [4.78, 5) is 22.9. The molecule has 0 saturated carbocycles. The number of carbonyl (C=O) groups is 2. The average molecular weight is 277 g/mol. The summed E-state index contributed by atoms with van der Waals surface area (Å²) in [7, 11) is 0. The number of carbonyl (C=O) groups excluding carboxylic acids is 2. The number of nitrogens with one attached hydrogen (secondary N) is 2. The van der Waals surface area contributed by atoms with E-state index in [1.807, 2.05) is 19.1 Å². The summed E-state index contributed by atoms with van der Waals surface area (Å²) in [6.45, 7) is 4.03. The van der Waals surface area contributed by atoms with E-state index in [4.69, 9.17) is 5.73 Å². The van der Waals surface area contributed by atoms with Crippen LogP contribution in [0.3, 0.4) is 0 Å². The normalized spacial score (nSPS) is 10.2. The van der Waals surface area contributed by atoms with E-state index in [-0.39, 0.29) is 11.8 Å². The maximum Gasteiger partial charge on any atom is 0.224 e. The molecule has 0 bridgehead atoms. The number of benzene rings is 1. The van der Waals surface area contributed by atoms with Gasteiger partial charge in [0.2, 0.25) is 11.8 Å². The fourth-order valence-electron chi connectivity index (χ4n) is 1.85. The first-order chi connectivity index (χ1) is 9.52. The number of hydrogen-bond acceptors (Lipinski definition) is 3. The van der Waals surface area contributed by atoms with Crippen LogP contribution in [0.4, 0.5) is 11.4 Å². The molecule has 0 atom stereocenters. The minimum absolute atomic E-state index is 0.0142. The van der Waals surface area contributed by atoms with Gasteiger partial charge in [-0.1, -0.05) is 12.5 Å². The summed E-state index contributed by atoms with van der Waals surface area (Å²) in [6.07, 6.45) is 3.25. The van der Waals surface area contributed by atoms with Crippen LogP contribution in [-0.2, 0) is 9.59 Å². The molecule has 0 spiro atoms. The zero-order chi connectivity index (χ0) is 15.0. The molecule has 0 aliphatic heterocycles. The molecule has 0 radical (unpaired) electrons. The molecule has 0 fully saturated rings. The molecule has 20 heavy (non-hydrogen) atoms. The van der Waals surface area contributed by atoms with Crippen molar-refractivity contribution >= 4 is 23.2 Å². The van der Waals surface area contributed by atoms with Gasteiger partial charge in [-0.2, -0.15) is 0 Å². The summed E-state index contributed by atoms with van der Waals surface area (Å²) in [5.41, 5.74) is 7.78. The molecular formula is C15H23N3O2. The topological polar surface area (TPSA) is 84.2 Å². The first kappa shape index (κ1) is 16.2. The Labute approximate surface area is 119 Å². The quantitative estimate of drug-likeness (QED) is 0.669. The van der Waals surface area contributed by atoms with Gasteiger partial charge in [-0.3, -0.25) is 9.59 Å². The van der Waals surface area contributed by atoms with Gasteiger partial charge in [0.05, 0.1) is 0 Å². The summed E-state index contributed by atoms with van der Waals surface area (Å²) >= 11 is 0. The molecule has 1 rings (SSSR count). The third-order valence-electron chi connectivity index (χ3n) is 2.94. The molecule has 0 unspecified atom stereocenters. The van der Waals surface area contributed by atoms with Crippen molar-refractivity contribution in [3.8, 4) is 0 Å². The Hall–Kier alpha value is -1.88. The Balaban J connectivity index is 2.54. The number of rotatable bonds is 7. The number of aryl methyl sites for hydroxylation is 1. The zero-order valence-electron chi connectivity index (χ0n) is 12.2. The van der Waals surface area contributed by atoms with Crippen molar-refractivity contribution in [1.82, 2.24) is 0 Å². The molecule has 0 aromatic heterocycles. The molecule has 0 saturated heterocycles. The molecule has 5 nitrogen and oxygen atoms in total. The van der Waals surface area contributed by atoms with Gasteiger partial charge in [0.1, 0.15) is 0 Å². The molecule has 0 aliphatic carbocycles. The van der Waals surface area contributed by atoms with Crippen molar-refractivity contribution in [2.24, 2.45) is 5.73 Å². The monoisotopic (exact) mass is 277 g/mol. The zero-order valence-corrected chi connectivity index (χ0v) is 12.2. The van der Waals surface area contributed by atoms with E-state index in [9.17, 15) is 9.59 Å². The number of hydrogen-bond donors (Lipinski definition) is 3. The van der Waals surface area contributed by atoms with Crippen molar-refractivity contribution < 1.29 is 9.59 Å². The predicted octanol–water partition coefficient (Wildman–Crippen LogP) is 2.41. The summed E-state index contributed by atoms with van der Waals surface area (Å²) in [5, 5.41) is 5.58. The molecule has 110 valence electrons. The maximum atomic E-state index is 11.8. The SMILES string of the molecule is CC(=O)Nc1cc(NC(=O)CCCCCN)ccc1C. The smallest absolute Gasteiger partial charge is 0.224 e. The van der Waals surface area contributed by atoms with Crippen molar-refractivity contribution in [2.45, 2.75) is 39.5 Å².